The zero-order valence-corrected chi connectivity index (χ0v) is 18.2. The molecule has 0 spiro atoms. The number of hydrazone groups is 2. The zero-order chi connectivity index (χ0) is 22.2. The fourth-order valence-electron chi connectivity index (χ4n) is 2.60. The highest BCUT2D eigenvalue weighted by Gasteiger charge is 2.06. The number of rotatable bonds is 8. The van der Waals surface area contributed by atoms with Gasteiger partial charge >= 0.3 is 0 Å². The lowest BCUT2D eigenvalue weighted by Gasteiger charge is -2.07. The highest BCUT2D eigenvalue weighted by atomic mass is 16.5. The van der Waals surface area contributed by atoms with Crippen LogP contribution in [-0.2, 0) is 0 Å². The Hall–Kier alpha value is -4.01. The minimum atomic E-state index is 0.262. The molecule has 3 rings (SSSR count). The predicted octanol–water partition coefficient (Wildman–Crippen LogP) is 3.87. The van der Waals surface area contributed by atoms with Gasteiger partial charge in [-0.15, -0.1) is 10.2 Å². The number of nitrogens with one attached hydrogen (secondary N) is 2. The van der Waals surface area contributed by atoms with Crippen molar-refractivity contribution in [3.05, 3.63) is 65.4 Å². The van der Waals surface area contributed by atoms with E-state index in [1.807, 2.05) is 62.4 Å². The van der Waals surface area contributed by atoms with Gasteiger partial charge in [-0.05, 0) is 80.4 Å². The maximum atomic E-state index is 5.18. The summed E-state index contributed by atoms with van der Waals surface area (Å²) in [4.78, 5) is 4.41. The summed E-state index contributed by atoms with van der Waals surface area (Å²) in [6.07, 6.45) is 0. The molecule has 0 aliphatic heterocycles. The van der Waals surface area contributed by atoms with Crippen LogP contribution in [0.2, 0.25) is 0 Å². The van der Waals surface area contributed by atoms with Gasteiger partial charge in [0.25, 0.3) is 5.95 Å². The smallest absolute Gasteiger partial charge is 0.265 e. The van der Waals surface area contributed by atoms with E-state index >= 15 is 0 Å². The normalized spacial score (nSPS) is 11.8. The molecule has 31 heavy (non-hydrogen) atoms. The molecular weight excluding hydrogens is 394 g/mol. The Balaban J connectivity index is 1.70. The van der Waals surface area contributed by atoms with Crippen molar-refractivity contribution in [1.29, 1.82) is 0 Å². The van der Waals surface area contributed by atoms with Crippen LogP contribution in [0.3, 0.4) is 0 Å². The first kappa shape index (κ1) is 21.7. The number of nitrogens with zero attached hydrogens (tertiary/aromatic N) is 5. The van der Waals surface area contributed by atoms with Crippen molar-refractivity contribution in [1.82, 2.24) is 15.2 Å². The van der Waals surface area contributed by atoms with Gasteiger partial charge in [-0.25, -0.2) is 5.43 Å². The van der Waals surface area contributed by atoms with E-state index in [0.29, 0.717) is 11.5 Å². The molecule has 2 aromatic carbocycles. The van der Waals surface area contributed by atoms with Gasteiger partial charge in [0.1, 0.15) is 17.2 Å². The molecular formula is C22H25N7O2. The van der Waals surface area contributed by atoms with Gasteiger partial charge in [0, 0.05) is 0 Å². The van der Waals surface area contributed by atoms with Gasteiger partial charge in [0.05, 0.1) is 25.6 Å². The van der Waals surface area contributed by atoms with Gasteiger partial charge in [-0.1, -0.05) is 0 Å². The van der Waals surface area contributed by atoms with Crippen molar-refractivity contribution in [2.75, 3.05) is 25.1 Å². The largest absolute Gasteiger partial charge is 0.497 e. The number of aromatic nitrogens is 3. The van der Waals surface area contributed by atoms with E-state index in [9.17, 15) is 0 Å². The molecule has 0 aliphatic carbocycles. The summed E-state index contributed by atoms with van der Waals surface area (Å²) in [5, 5.41) is 16.9. The molecule has 0 bridgehead atoms. The average molecular weight is 419 g/mol. The molecule has 0 fully saturated rings. The van der Waals surface area contributed by atoms with Crippen LogP contribution in [0.1, 0.15) is 30.7 Å². The van der Waals surface area contributed by atoms with Crippen molar-refractivity contribution in [3.8, 4) is 11.5 Å². The Kier molecular flexibility index (Phi) is 7.10. The summed E-state index contributed by atoms with van der Waals surface area (Å²) >= 11 is 0. The number of ether oxygens (including phenoxy) is 2. The van der Waals surface area contributed by atoms with Crippen molar-refractivity contribution >= 4 is 23.2 Å². The molecule has 160 valence electrons. The Morgan fingerprint density at radius 2 is 1.23 bits per heavy atom. The molecule has 0 atom stereocenters. The molecule has 1 aromatic heterocycles. The van der Waals surface area contributed by atoms with Crippen LogP contribution >= 0.6 is 0 Å². The summed E-state index contributed by atoms with van der Waals surface area (Å²) in [6.45, 7) is 5.59. The number of benzene rings is 2. The van der Waals surface area contributed by atoms with Crippen LogP contribution in [0.5, 0.6) is 11.5 Å². The quantitative estimate of drug-likeness (QED) is 0.422. The summed E-state index contributed by atoms with van der Waals surface area (Å²) in [5.74, 6) is 2.33. The van der Waals surface area contributed by atoms with E-state index < -0.39 is 0 Å². The van der Waals surface area contributed by atoms with Crippen LogP contribution in [0.4, 0.5) is 11.8 Å². The second kappa shape index (κ2) is 10.1. The number of methoxy groups -OCH3 is 2. The maximum absolute atomic E-state index is 5.18. The van der Waals surface area contributed by atoms with Crippen molar-refractivity contribution < 1.29 is 9.47 Å². The molecule has 1 heterocycles. The monoisotopic (exact) mass is 419 g/mol. The molecule has 9 nitrogen and oxygen atoms in total. The SMILES string of the molecule is COc1ccc(/C(C)=N\Nc2nnc(C)c(N/N=C(/C)c3ccc(OC)cc3)n2)cc1. The summed E-state index contributed by atoms with van der Waals surface area (Å²) in [5.41, 5.74) is 9.89. The molecule has 0 unspecified atom stereocenters. The highest BCUT2D eigenvalue weighted by molar-refractivity contribution is 5.99. The third kappa shape index (κ3) is 5.75. The van der Waals surface area contributed by atoms with Crippen molar-refractivity contribution in [2.24, 2.45) is 10.2 Å². The second-order valence-electron chi connectivity index (χ2n) is 6.64. The van der Waals surface area contributed by atoms with E-state index in [-0.39, 0.29) is 5.95 Å². The maximum Gasteiger partial charge on any atom is 0.265 e. The lowest BCUT2D eigenvalue weighted by atomic mass is 10.1. The minimum Gasteiger partial charge on any atom is -0.497 e. The van der Waals surface area contributed by atoms with Crippen LogP contribution in [-0.4, -0.2) is 40.8 Å². The minimum absolute atomic E-state index is 0.262. The van der Waals surface area contributed by atoms with E-state index in [2.05, 4.69) is 36.2 Å². The van der Waals surface area contributed by atoms with Crippen molar-refractivity contribution in [3.63, 3.8) is 0 Å². The Morgan fingerprint density at radius 3 is 1.71 bits per heavy atom. The molecule has 0 saturated heterocycles. The number of aryl methyl sites for hydroxylation is 1. The van der Waals surface area contributed by atoms with E-state index in [0.717, 1.165) is 34.0 Å². The molecule has 3 aromatic rings. The van der Waals surface area contributed by atoms with E-state index in [1.165, 1.54) is 0 Å². The van der Waals surface area contributed by atoms with Gasteiger partial charge in [0.2, 0.25) is 0 Å². The van der Waals surface area contributed by atoms with Gasteiger partial charge in [-0.2, -0.15) is 15.2 Å². The van der Waals surface area contributed by atoms with E-state index in [4.69, 9.17) is 9.47 Å². The molecule has 0 amide bonds. The third-order valence-electron chi connectivity index (χ3n) is 4.52. The Labute approximate surface area is 181 Å². The predicted molar refractivity (Wildman–Crippen MR) is 122 cm³/mol. The summed E-state index contributed by atoms with van der Waals surface area (Å²) in [7, 11) is 3.27. The molecule has 0 saturated carbocycles. The number of hydrogen-bond acceptors (Lipinski definition) is 9. The lowest BCUT2D eigenvalue weighted by Crippen LogP contribution is -2.08. The first-order valence-electron chi connectivity index (χ1n) is 9.61. The summed E-state index contributed by atoms with van der Waals surface area (Å²) < 4.78 is 10.4. The molecule has 2 N–H and O–H groups in total. The van der Waals surface area contributed by atoms with Crippen LogP contribution in [0.15, 0.2) is 58.7 Å². The van der Waals surface area contributed by atoms with Crippen LogP contribution < -0.4 is 20.3 Å². The third-order valence-corrected chi connectivity index (χ3v) is 4.52. The summed E-state index contributed by atoms with van der Waals surface area (Å²) in [6, 6.07) is 15.3. The number of hydrogen-bond donors (Lipinski definition) is 2. The van der Waals surface area contributed by atoms with Gasteiger partial charge < -0.3 is 9.47 Å². The van der Waals surface area contributed by atoms with Crippen LogP contribution in [0, 0.1) is 6.92 Å². The standard InChI is InChI=1S/C22H25N7O2/c1-14(17-6-10-19(30-4)11-7-17)24-27-21-16(3)26-29-22(23-21)28-25-15(2)18-8-12-20(31-5)13-9-18/h6-13H,1-5H3,(H2,23,27,28,29)/b24-14-,25-15-. The average Bonchev–Trinajstić information content (AvgIpc) is 2.82. The Bertz CT molecular complexity index is 1080. The first-order valence-corrected chi connectivity index (χ1v) is 9.61. The van der Waals surface area contributed by atoms with Crippen molar-refractivity contribution in [2.45, 2.75) is 20.8 Å². The van der Waals surface area contributed by atoms with Crippen LogP contribution in [0.25, 0.3) is 0 Å². The fraction of sp³-hybridized carbons (Fsp3) is 0.227. The number of anilines is 2. The molecule has 0 radical (unpaired) electrons. The zero-order valence-electron chi connectivity index (χ0n) is 18.2. The lowest BCUT2D eigenvalue weighted by molar-refractivity contribution is 0.414. The Morgan fingerprint density at radius 1 is 0.742 bits per heavy atom. The van der Waals surface area contributed by atoms with Gasteiger partial charge in [0.15, 0.2) is 5.82 Å². The first-order chi connectivity index (χ1) is 15.0. The molecule has 9 heteroatoms. The highest BCUT2D eigenvalue weighted by Crippen LogP contribution is 2.15. The topological polar surface area (TPSA) is 106 Å². The van der Waals surface area contributed by atoms with Gasteiger partial charge in [-0.3, -0.25) is 5.43 Å². The van der Waals surface area contributed by atoms with E-state index in [1.54, 1.807) is 21.1 Å². The molecule has 0 aliphatic rings. The second-order valence-corrected chi connectivity index (χ2v) is 6.64. The fourth-order valence-corrected chi connectivity index (χ4v) is 2.60.